The van der Waals surface area contributed by atoms with Crippen molar-refractivity contribution in [1.29, 1.82) is 0 Å². The summed E-state index contributed by atoms with van der Waals surface area (Å²) in [6, 6.07) is 0.208. The third-order valence-corrected chi connectivity index (χ3v) is 5.94. The average Bonchev–Trinajstić information content (AvgIpc) is 2.97. The van der Waals surface area contributed by atoms with Crippen molar-refractivity contribution in [3.63, 3.8) is 0 Å². The molecule has 9 heteroatoms. The number of likely N-dealkylation sites (tertiary alicyclic amines) is 1. The van der Waals surface area contributed by atoms with E-state index in [1.165, 1.54) is 0 Å². The Morgan fingerprint density at radius 3 is 2.45 bits per heavy atom. The fourth-order valence-corrected chi connectivity index (χ4v) is 4.17. The monoisotopic (exact) mass is 445 g/mol. The van der Waals surface area contributed by atoms with Crippen molar-refractivity contribution < 1.29 is 9.53 Å². The molecule has 1 amide bonds. The van der Waals surface area contributed by atoms with Crippen molar-refractivity contribution in [1.82, 2.24) is 19.7 Å². The molecular weight excluding hydrogens is 413 g/mol. The van der Waals surface area contributed by atoms with Crippen LogP contribution in [0.25, 0.3) is 11.0 Å². The molecule has 1 unspecified atom stereocenters. The first-order valence-electron chi connectivity index (χ1n) is 9.73. The van der Waals surface area contributed by atoms with E-state index in [1.807, 2.05) is 18.9 Å². The lowest BCUT2D eigenvalue weighted by Gasteiger charge is -2.33. The minimum absolute atomic E-state index is 0. The number of ether oxygens (including phenoxy) is 1. The number of hydrogen-bond donors (Lipinski definition) is 1. The van der Waals surface area contributed by atoms with Gasteiger partial charge < -0.3 is 15.4 Å². The number of carbonyl (C=O) groups is 1. The maximum absolute atomic E-state index is 12.7. The van der Waals surface area contributed by atoms with Gasteiger partial charge in [0.05, 0.1) is 12.5 Å². The number of rotatable bonds is 5. The topological polar surface area (TPSA) is 86.3 Å². The molecule has 1 fully saturated rings. The summed E-state index contributed by atoms with van der Waals surface area (Å²) in [6.45, 7) is 7.76. The number of nitrogens with zero attached hydrogens (tertiary/aromatic N) is 4. The molecule has 0 saturated carbocycles. The van der Waals surface area contributed by atoms with E-state index < -0.39 is 0 Å². The van der Waals surface area contributed by atoms with Crippen molar-refractivity contribution in [2.45, 2.75) is 52.5 Å². The molecule has 7 nitrogen and oxygen atoms in total. The molecule has 1 aliphatic heterocycles. The van der Waals surface area contributed by atoms with Gasteiger partial charge in [0.25, 0.3) is 0 Å². The molecule has 164 valence electrons. The minimum Gasteiger partial charge on any atom is -0.479 e. The van der Waals surface area contributed by atoms with Crippen LogP contribution in [0, 0.1) is 19.8 Å². The molecule has 0 radical (unpaired) electrons. The van der Waals surface area contributed by atoms with Gasteiger partial charge in [0.2, 0.25) is 11.8 Å². The summed E-state index contributed by atoms with van der Waals surface area (Å²) in [7, 11) is 3.49. The van der Waals surface area contributed by atoms with Crippen LogP contribution in [0.2, 0.25) is 0 Å². The summed E-state index contributed by atoms with van der Waals surface area (Å²) in [6.07, 6.45) is 3.19. The molecule has 3 rings (SSSR count). The Morgan fingerprint density at radius 1 is 1.28 bits per heavy atom. The highest BCUT2D eigenvalue weighted by atomic mass is 35.5. The number of aryl methyl sites for hydroxylation is 3. The largest absolute Gasteiger partial charge is 0.479 e. The van der Waals surface area contributed by atoms with Gasteiger partial charge in [0.1, 0.15) is 0 Å². The van der Waals surface area contributed by atoms with E-state index in [0.717, 1.165) is 53.8 Å². The predicted octanol–water partition coefficient (Wildman–Crippen LogP) is 2.96. The lowest BCUT2D eigenvalue weighted by molar-refractivity contribution is -0.132. The van der Waals surface area contributed by atoms with Crippen LogP contribution < -0.4 is 10.5 Å². The van der Waals surface area contributed by atoms with Gasteiger partial charge in [-0.1, -0.05) is 0 Å². The molecule has 0 spiro atoms. The van der Waals surface area contributed by atoms with E-state index in [9.17, 15) is 4.79 Å². The van der Waals surface area contributed by atoms with Gasteiger partial charge in [-0.2, -0.15) is 0 Å². The van der Waals surface area contributed by atoms with Crippen molar-refractivity contribution in [3.05, 3.63) is 16.8 Å². The molecule has 0 aromatic carbocycles. The molecule has 0 aliphatic carbocycles. The fraction of sp³-hybridized carbons (Fsp3) is 0.650. The fourth-order valence-electron chi connectivity index (χ4n) is 4.17. The highest BCUT2D eigenvalue weighted by molar-refractivity contribution is 5.86. The Labute approximate surface area is 185 Å². The Balaban J connectivity index is 0.00000210. The maximum atomic E-state index is 12.7. The highest BCUT2D eigenvalue weighted by Crippen LogP contribution is 2.30. The molecule has 2 N–H and O–H groups in total. The normalized spacial score (nSPS) is 15.6. The van der Waals surface area contributed by atoms with Crippen LogP contribution in [0.3, 0.4) is 0 Å². The van der Waals surface area contributed by atoms with Gasteiger partial charge in [-0.3, -0.25) is 4.79 Å². The van der Waals surface area contributed by atoms with Gasteiger partial charge in [-0.05, 0) is 57.1 Å². The van der Waals surface area contributed by atoms with Crippen molar-refractivity contribution in [3.8, 4) is 5.88 Å². The van der Waals surface area contributed by atoms with Crippen LogP contribution in [0.5, 0.6) is 5.88 Å². The first-order chi connectivity index (χ1) is 12.8. The zero-order valence-electron chi connectivity index (χ0n) is 17.9. The van der Waals surface area contributed by atoms with E-state index in [1.54, 1.807) is 11.8 Å². The zero-order valence-corrected chi connectivity index (χ0v) is 19.5. The van der Waals surface area contributed by atoms with Crippen molar-refractivity contribution >= 4 is 41.8 Å². The number of hydrogen-bond acceptors (Lipinski definition) is 5. The summed E-state index contributed by atoms with van der Waals surface area (Å²) in [5, 5.41) is 5.32. The third-order valence-electron chi connectivity index (χ3n) is 5.94. The number of amides is 1. The lowest BCUT2D eigenvalue weighted by Crippen LogP contribution is -2.42. The van der Waals surface area contributed by atoms with E-state index >= 15 is 0 Å². The predicted molar refractivity (Wildman–Crippen MR) is 120 cm³/mol. The van der Waals surface area contributed by atoms with Crippen LogP contribution in [0.1, 0.15) is 43.0 Å². The lowest BCUT2D eigenvalue weighted by atomic mass is 9.90. The minimum atomic E-state index is 0. The summed E-state index contributed by atoms with van der Waals surface area (Å²) in [5.41, 5.74) is 9.99. The van der Waals surface area contributed by atoms with Crippen LogP contribution in [0.4, 0.5) is 0 Å². The molecule has 2 aromatic heterocycles. The van der Waals surface area contributed by atoms with Gasteiger partial charge in [-0.15, -0.1) is 29.9 Å². The second-order valence-electron chi connectivity index (χ2n) is 7.71. The molecule has 1 atom stereocenters. The molecule has 2 aromatic rings. The standard InChI is InChI=1S/C20H31N5O2.2ClH/c1-12-16(14(3)22-19-18(12)20(27-5)23-24(19)4)6-7-17(26)25-10-8-15(9-11-25)13(2)21;;/h13,15H,6-11,21H2,1-5H3;2*1H. The zero-order chi connectivity index (χ0) is 19.7. The Bertz CT molecular complexity index is 845. The van der Waals surface area contributed by atoms with Crippen LogP contribution in [0.15, 0.2) is 0 Å². The first-order valence-corrected chi connectivity index (χ1v) is 9.73. The van der Waals surface area contributed by atoms with Crippen LogP contribution in [-0.4, -0.2) is 51.8 Å². The Kier molecular flexibility index (Phi) is 9.18. The van der Waals surface area contributed by atoms with E-state index in [2.05, 4.69) is 18.9 Å². The highest BCUT2D eigenvalue weighted by Gasteiger charge is 2.25. The third kappa shape index (κ3) is 5.13. The average molecular weight is 446 g/mol. The summed E-state index contributed by atoms with van der Waals surface area (Å²) in [5.74, 6) is 1.33. The van der Waals surface area contributed by atoms with Gasteiger partial charge >= 0.3 is 0 Å². The van der Waals surface area contributed by atoms with Crippen molar-refractivity contribution in [2.75, 3.05) is 20.2 Å². The first kappa shape index (κ1) is 25.5. The second-order valence-corrected chi connectivity index (χ2v) is 7.71. The second kappa shape index (κ2) is 10.5. The summed E-state index contributed by atoms with van der Waals surface area (Å²) >= 11 is 0. The quantitative estimate of drug-likeness (QED) is 0.763. The molecule has 3 heterocycles. The molecule has 1 aliphatic rings. The number of carbonyl (C=O) groups excluding carboxylic acids is 1. The Hall–Kier alpha value is -1.57. The van der Waals surface area contributed by atoms with Gasteiger partial charge in [0.15, 0.2) is 5.65 Å². The van der Waals surface area contributed by atoms with Crippen molar-refractivity contribution in [2.24, 2.45) is 18.7 Å². The number of piperidine rings is 1. The Morgan fingerprint density at radius 2 is 1.90 bits per heavy atom. The summed E-state index contributed by atoms with van der Waals surface area (Å²) < 4.78 is 7.16. The van der Waals surface area contributed by atoms with Crippen LogP contribution >= 0.6 is 24.8 Å². The van der Waals surface area contributed by atoms with E-state index in [4.69, 9.17) is 15.5 Å². The molecular formula is C20H33Cl2N5O2. The van der Waals surface area contributed by atoms with E-state index in [0.29, 0.717) is 24.6 Å². The molecule has 29 heavy (non-hydrogen) atoms. The number of fused-ring (bicyclic) bond motifs is 1. The van der Waals surface area contributed by atoms with Crippen LogP contribution in [-0.2, 0) is 18.3 Å². The number of pyridine rings is 1. The molecule has 0 bridgehead atoms. The molecule has 1 saturated heterocycles. The maximum Gasteiger partial charge on any atom is 0.242 e. The van der Waals surface area contributed by atoms with E-state index in [-0.39, 0.29) is 36.8 Å². The number of aromatic nitrogens is 3. The smallest absolute Gasteiger partial charge is 0.242 e. The SMILES string of the molecule is COc1nn(C)c2nc(C)c(CCC(=O)N3CCC(C(C)N)CC3)c(C)c12.Cl.Cl. The summed E-state index contributed by atoms with van der Waals surface area (Å²) in [4.78, 5) is 19.4. The number of methoxy groups -OCH3 is 1. The number of nitrogens with two attached hydrogens (primary N) is 1. The van der Waals surface area contributed by atoms with Gasteiger partial charge in [0, 0.05) is 38.3 Å². The number of halogens is 2. The van der Waals surface area contributed by atoms with Gasteiger partial charge in [-0.25, -0.2) is 9.67 Å².